The van der Waals surface area contributed by atoms with Gasteiger partial charge in [0.2, 0.25) is 11.8 Å². The zero-order valence-electron chi connectivity index (χ0n) is 17.2. The van der Waals surface area contributed by atoms with E-state index in [9.17, 15) is 9.59 Å². The molecule has 0 aliphatic rings. The van der Waals surface area contributed by atoms with Crippen molar-refractivity contribution < 1.29 is 9.59 Å². The lowest BCUT2D eigenvalue weighted by Gasteiger charge is -2.17. The van der Waals surface area contributed by atoms with Crippen LogP contribution in [-0.4, -0.2) is 11.8 Å². The standard InChI is InChI=1S/C24H28N2O2/c1-6-8-18-16(4)20(24(25)28)12-13-21(18)19-9-7-10-22(17(19)5)26-23(27)14-11-15(2)3/h6-15H,1-5H3,(H2,25,28)(H,26,27)/b8-6-,14-11+. The first-order valence-corrected chi connectivity index (χ1v) is 9.41. The van der Waals surface area contributed by atoms with Crippen LogP contribution in [-0.2, 0) is 4.79 Å². The van der Waals surface area contributed by atoms with E-state index in [1.807, 2.05) is 77.1 Å². The molecule has 4 heteroatoms. The van der Waals surface area contributed by atoms with Gasteiger partial charge in [-0.15, -0.1) is 0 Å². The maximum Gasteiger partial charge on any atom is 0.248 e. The summed E-state index contributed by atoms with van der Waals surface area (Å²) in [4.78, 5) is 23.9. The molecule has 3 N–H and O–H groups in total. The van der Waals surface area contributed by atoms with Gasteiger partial charge >= 0.3 is 0 Å². The Balaban J connectivity index is 2.53. The summed E-state index contributed by atoms with van der Waals surface area (Å²) >= 11 is 0. The first-order valence-electron chi connectivity index (χ1n) is 9.41. The summed E-state index contributed by atoms with van der Waals surface area (Å²) in [5, 5.41) is 2.95. The third kappa shape index (κ3) is 4.77. The molecule has 146 valence electrons. The third-order valence-electron chi connectivity index (χ3n) is 4.63. The predicted octanol–water partition coefficient (Wildman–Crippen LogP) is 5.25. The van der Waals surface area contributed by atoms with Gasteiger partial charge < -0.3 is 11.1 Å². The summed E-state index contributed by atoms with van der Waals surface area (Å²) in [6.45, 7) is 9.86. The predicted molar refractivity (Wildman–Crippen MR) is 117 cm³/mol. The molecule has 28 heavy (non-hydrogen) atoms. The van der Waals surface area contributed by atoms with Crippen LogP contribution in [0.4, 0.5) is 5.69 Å². The molecule has 0 radical (unpaired) electrons. The maximum absolute atomic E-state index is 12.2. The normalized spacial score (nSPS) is 11.5. The van der Waals surface area contributed by atoms with Crippen molar-refractivity contribution in [1.29, 1.82) is 0 Å². The van der Waals surface area contributed by atoms with E-state index >= 15 is 0 Å². The van der Waals surface area contributed by atoms with Crippen molar-refractivity contribution in [3.8, 4) is 11.1 Å². The molecule has 0 bridgehead atoms. The van der Waals surface area contributed by atoms with Crippen LogP contribution in [0.3, 0.4) is 0 Å². The van der Waals surface area contributed by atoms with Crippen LogP contribution in [0.2, 0.25) is 0 Å². The van der Waals surface area contributed by atoms with Gasteiger partial charge in [-0.2, -0.15) is 0 Å². The second-order valence-corrected chi connectivity index (χ2v) is 7.13. The average molecular weight is 377 g/mol. The fourth-order valence-electron chi connectivity index (χ4n) is 3.13. The van der Waals surface area contributed by atoms with Gasteiger partial charge in [0, 0.05) is 11.3 Å². The molecule has 0 aliphatic carbocycles. The number of benzene rings is 2. The molecule has 0 fully saturated rings. The fraction of sp³-hybridized carbons (Fsp3) is 0.250. The maximum atomic E-state index is 12.2. The van der Waals surface area contributed by atoms with Gasteiger partial charge in [0.25, 0.3) is 0 Å². The minimum atomic E-state index is -0.440. The lowest BCUT2D eigenvalue weighted by atomic mass is 9.89. The van der Waals surface area contributed by atoms with E-state index in [1.165, 1.54) is 0 Å². The van der Waals surface area contributed by atoms with E-state index in [0.717, 1.165) is 33.5 Å². The Morgan fingerprint density at radius 2 is 1.75 bits per heavy atom. The van der Waals surface area contributed by atoms with E-state index < -0.39 is 5.91 Å². The number of carbonyl (C=O) groups excluding carboxylic acids is 2. The molecule has 0 aromatic heterocycles. The molecular weight excluding hydrogens is 348 g/mol. The van der Waals surface area contributed by atoms with Gasteiger partial charge in [-0.3, -0.25) is 9.59 Å². The Hall–Kier alpha value is -3.14. The minimum Gasteiger partial charge on any atom is -0.366 e. The number of carbonyl (C=O) groups is 2. The highest BCUT2D eigenvalue weighted by Crippen LogP contribution is 2.34. The second-order valence-electron chi connectivity index (χ2n) is 7.13. The van der Waals surface area contributed by atoms with Gasteiger partial charge in [-0.05, 0) is 72.7 Å². The number of hydrogen-bond acceptors (Lipinski definition) is 2. The molecule has 0 atom stereocenters. The topological polar surface area (TPSA) is 72.2 Å². The van der Waals surface area contributed by atoms with Crippen molar-refractivity contribution in [2.24, 2.45) is 11.7 Å². The monoisotopic (exact) mass is 376 g/mol. The minimum absolute atomic E-state index is 0.150. The molecule has 0 saturated carbocycles. The average Bonchev–Trinajstić information content (AvgIpc) is 2.63. The fourth-order valence-corrected chi connectivity index (χ4v) is 3.13. The SMILES string of the molecule is C/C=C\c1c(-c2cccc(NC(=O)/C=C/C(C)C)c2C)ccc(C(N)=O)c1C. The molecular formula is C24H28N2O2. The molecule has 2 aromatic carbocycles. The summed E-state index contributed by atoms with van der Waals surface area (Å²) < 4.78 is 0. The first-order chi connectivity index (χ1) is 13.3. The molecule has 4 nitrogen and oxygen atoms in total. The molecule has 0 aliphatic heterocycles. The molecule has 2 aromatic rings. The first kappa shape index (κ1) is 21.2. The molecule has 0 heterocycles. The van der Waals surface area contributed by atoms with Crippen molar-refractivity contribution >= 4 is 23.6 Å². The number of rotatable bonds is 6. The van der Waals surface area contributed by atoms with E-state index in [2.05, 4.69) is 5.32 Å². The summed E-state index contributed by atoms with van der Waals surface area (Å²) in [7, 11) is 0. The smallest absolute Gasteiger partial charge is 0.248 e. The highest BCUT2D eigenvalue weighted by Gasteiger charge is 2.15. The summed E-state index contributed by atoms with van der Waals surface area (Å²) in [5.74, 6) is -0.277. The van der Waals surface area contributed by atoms with E-state index in [1.54, 1.807) is 12.1 Å². The molecule has 0 saturated heterocycles. The van der Waals surface area contributed by atoms with Crippen molar-refractivity contribution in [3.05, 3.63) is 70.8 Å². The zero-order chi connectivity index (χ0) is 20.8. The van der Waals surface area contributed by atoms with Gasteiger partial charge in [-0.25, -0.2) is 0 Å². The zero-order valence-corrected chi connectivity index (χ0v) is 17.2. The molecule has 2 rings (SSSR count). The number of nitrogens with two attached hydrogens (primary N) is 1. The number of nitrogens with one attached hydrogen (secondary N) is 1. The lowest BCUT2D eigenvalue weighted by Crippen LogP contribution is -2.13. The molecule has 0 unspecified atom stereocenters. The highest BCUT2D eigenvalue weighted by atomic mass is 16.1. The van der Waals surface area contributed by atoms with Gasteiger partial charge in [-0.1, -0.05) is 50.3 Å². The number of primary amides is 1. The van der Waals surface area contributed by atoms with Crippen LogP contribution in [0.1, 0.15) is 47.8 Å². The van der Waals surface area contributed by atoms with Crippen LogP contribution in [0.5, 0.6) is 0 Å². The van der Waals surface area contributed by atoms with Crippen LogP contribution in [0.15, 0.2) is 48.6 Å². The molecule has 0 spiro atoms. The van der Waals surface area contributed by atoms with E-state index in [0.29, 0.717) is 11.5 Å². The Bertz CT molecular complexity index is 953. The number of amides is 2. The van der Waals surface area contributed by atoms with Gasteiger partial charge in [0.05, 0.1) is 0 Å². The van der Waals surface area contributed by atoms with Crippen molar-refractivity contribution in [2.45, 2.75) is 34.6 Å². The van der Waals surface area contributed by atoms with Gasteiger partial charge in [0.1, 0.15) is 0 Å². The quantitative estimate of drug-likeness (QED) is 0.676. The van der Waals surface area contributed by atoms with Crippen LogP contribution in [0.25, 0.3) is 17.2 Å². The lowest BCUT2D eigenvalue weighted by molar-refractivity contribution is -0.111. The van der Waals surface area contributed by atoms with Gasteiger partial charge in [0.15, 0.2) is 0 Å². The van der Waals surface area contributed by atoms with Crippen LogP contribution < -0.4 is 11.1 Å². The summed E-state index contributed by atoms with van der Waals surface area (Å²) in [6.07, 6.45) is 7.35. The number of anilines is 1. The van der Waals surface area contributed by atoms with Crippen molar-refractivity contribution in [2.75, 3.05) is 5.32 Å². The van der Waals surface area contributed by atoms with E-state index in [-0.39, 0.29) is 5.91 Å². The largest absolute Gasteiger partial charge is 0.366 e. The molecule has 2 amide bonds. The Morgan fingerprint density at radius 3 is 2.36 bits per heavy atom. The summed E-state index contributed by atoms with van der Waals surface area (Å²) in [6, 6.07) is 9.49. The Labute approximate surface area is 167 Å². The second kappa shape index (κ2) is 9.18. The number of allylic oxidation sites excluding steroid dienone is 2. The van der Waals surface area contributed by atoms with Crippen LogP contribution >= 0.6 is 0 Å². The highest BCUT2D eigenvalue weighted by molar-refractivity contribution is 6.01. The van der Waals surface area contributed by atoms with Crippen molar-refractivity contribution in [3.63, 3.8) is 0 Å². The third-order valence-corrected chi connectivity index (χ3v) is 4.63. The van der Waals surface area contributed by atoms with Crippen molar-refractivity contribution in [1.82, 2.24) is 0 Å². The Morgan fingerprint density at radius 1 is 1.04 bits per heavy atom. The van der Waals surface area contributed by atoms with Crippen LogP contribution in [0, 0.1) is 19.8 Å². The number of hydrogen-bond donors (Lipinski definition) is 2. The summed E-state index contributed by atoms with van der Waals surface area (Å²) in [5.41, 5.74) is 11.5. The Kier molecular flexibility index (Phi) is 6.94. The van der Waals surface area contributed by atoms with E-state index in [4.69, 9.17) is 5.73 Å².